The van der Waals surface area contributed by atoms with Gasteiger partial charge in [-0.05, 0) is 44.4 Å². The molecular weight excluding hydrogens is 200 g/mol. The highest BCUT2D eigenvalue weighted by molar-refractivity contribution is 5.27. The van der Waals surface area contributed by atoms with Crippen LogP contribution < -0.4 is 10.5 Å². The first kappa shape index (κ1) is 12.5. The Morgan fingerprint density at radius 3 is 2.50 bits per heavy atom. The minimum atomic E-state index is -0.738. The number of nitriles is 1. The normalized spacial score (nSPS) is 13.9. The van der Waals surface area contributed by atoms with Gasteiger partial charge >= 0.3 is 0 Å². The average Bonchev–Trinajstić information content (AvgIpc) is 2.29. The van der Waals surface area contributed by atoms with E-state index in [0.717, 1.165) is 12.2 Å². The standard InChI is InChI=1S/C13H18N2O/c1-3-16-12-6-4-11(5-7-12)8-9-13(2,15)10-14/h4-7H,3,8-9,15H2,1-2H3. The molecule has 1 aromatic rings. The largest absolute Gasteiger partial charge is 0.494 e. The lowest BCUT2D eigenvalue weighted by molar-refractivity contribution is 0.340. The Bertz CT molecular complexity index is 363. The fraction of sp³-hybridized carbons (Fsp3) is 0.462. The van der Waals surface area contributed by atoms with Gasteiger partial charge in [-0.25, -0.2) is 0 Å². The van der Waals surface area contributed by atoms with Crippen molar-refractivity contribution in [2.45, 2.75) is 32.2 Å². The van der Waals surface area contributed by atoms with E-state index in [9.17, 15) is 0 Å². The maximum absolute atomic E-state index is 8.79. The molecule has 0 bridgehead atoms. The maximum Gasteiger partial charge on any atom is 0.119 e. The van der Waals surface area contributed by atoms with Gasteiger partial charge in [-0.1, -0.05) is 12.1 Å². The summed E-state index contributed by atoms with van der Waals surface area (Å²) in [6.45, 7) is 4.39. The van der Waals surface area contributed by atoms with Crippen LogP contribution >= 0.6 is 0 Å². The van der Waals surface area contributed by atoms with Crippen LogP contribution in [0.3, 0.4) is 0 Å². The van der Waals surface area contributed by atoms with Crippen LogP contribution in [0.5, 0.6) is 5.75 Å². The van der Waals surface area contributed by atoms with E-state index in [1.807, 2.05) is 31.2 Å². The Labute approximate surface area is 96.8 Å². The summed E-state index contributed by atoms with van der Waals surface area (Å²) in [6, 6.07) is 10.0. The molecular formula is C13H18N2O. The van der Waals surface area contributed by atoms with Crippen LogP contribution in [0.25, 0.3) is 0 Å². The predicted molar refractivity (Wildman–Crippen MR) is 64.1 cm³/mol. The molecule has 0 radical (unpaired) electrons. The van der Waals surface area contributed by atoms with Crippen LogP contribution in [-0.2, 0) is 6.42 Å². The second-order valence-electron chi connectivity index (χ2n) is 4.11. The Morgan fingerprint density at radius 2 is 2.00 bits per heavy atom. The van der Waals surface area contributed by atoms with Crippen LogP contribution in [0, 0.1) is 11.3 Å². The van der Waals surface area contributed by atoms with Gasteiger partial charge in [0.05, 0.1) is 12.7 Å². The third-order valence-electron chi connectivity index (χ3n) is 2.42. The number of nitrogens with two attached hydrogens (primary N) is 1. The molecule has 2 N–H and O–H groups in total. The van der Waals surface area contributed by atoms with Gasteiger partial charge in [-0.2, -0.15) is 5.26 Å². The second-order valence-corrected chi connectivity index (χ2v) is 4.11. The van der Waals surface area contributed by atoms with E-state index in [2.05, 4.69) is 6.07 Å². The van der Waals surface area contributed by atoms with Crippen molar-refractivity contribution in [1.29, 1.82) is 5.26 Å². The van der Waals surface area contributed by atoms with Gasteiger partial charge < -0.3 is 10.5 Å². The van der Waals surface area contributed by atoms with E-state index in [-0.39, 0.29) is 0 Å². The SMILES string of the molecule is CCOc1ccc(CCC(C)(N)C#N)cc1. The summed E-state index contributed by atoms with van der Waals surface area (Å²) < 4.78 is 5.35. The molecule has 0 aliphatic heterocycles. The fourth-order valence-corrected chi connectivity index (χ4v) is 1.38. The molecule has 0 fully saturated rings. The number of ether oxygens (including phenoxy) is 1. The number of aryl methyl sites for hydroxylation is 1. The molecule has 1 unspecified atom stereocenters. The number of hydrogen-bond donors (Lipinski definition) is 1. The minimum absolute atomic E-state index is 0.664. The highest BCUT2D eigenvalue weighted by Gasteiger charge is 2.16. The molecule has 0 amide bonds. The molecule has 16 heavy (non-hydrogen) atoms. The van der Waals surface area contributed by atoms with E-state index >= 15 is 0 Å². The zero-order valence-corrected chi connectivity index (χ0v) is 9.86. The summed E-state index contributed by atoms with van der Waals surface area (Å²) in [7, 11) is 0. The highest BCUT2D eigenvalue weighted by atomic mass is 16.5. The molecule has 0 aliphatic rings. The third-order valence-corrected chi connectivity index (χ3v) is 2.42. The first-order chi connectivity index (χ1) is 7.57. The summed E-state index contributed by atoms with van der Waals surface area (Å²) in [6.07, 6.45) is 1.48. The summed E-state index contributed by atoms with van der Waals surface area (Å²) in [5.74, 6) is 0.877. The van der Waals surface area contributed by atoms with Crippen LogP contribution in [0.4, 0.5) is 0 Å². The molecule has 0 saturated heterocycles. The minimum Gasteiger partial charge on any atom is -0.494 e. The molecule has 3 heteroatoms. The number of nitrogens with zero attached hydrogens (tertiary/aromatic N) is 1. The first-order valence-electron chi connectivity index (χ1n) is 5.49. The summed E-state index contributed by atoms with van der Waals surface area (Å²) >= 11 is 0. The van der Waals surface area contributed by atoms with Crippen molar-refractivity contribution >= 4 is 0 Å². The van der Waals surface area contributed by atoms with E-state index in [1.165, 1.54) is 5.56 Å². The van der Waals surface area contributed by atoms with Gasteiger partial charge in [0.1, 0.15) is 11.3 Å². The molecule has 3 nitrogen and oxygen atoms in total. The molecule has 0 saturated carbocycles. The number of hydrogen-bond acceptors (Lipinski definition) is 3. The molecule has 0 aliphatic carbocycles. The van der Waals surface area contributed by atoms with Crippen molar-refractivity contribution in [1.82, 2.24) is 0 Å². The van der Waals surface area contributed by atoms with Crippen molar-refractivity contribution in [3.63, 3.8) is 0 Å². The van der Waals surface area contributed by atoms with E-state index in [1.54, 1.807) is 6.92 Å². The molecule has 0 heterocycles. The van der Waals surface area contributed by atoms with Crippen LogP contribution in [0.15, 0.2) is 24.3 Å². The smallest absolute Gasteiger partial charge is 0.119 e. The van der Waals surface area contributed by atoms with Crippen molar-refractivity contribution in [3.05, 3.63) is 29.8 Å². The van der Waals surface area contributed by atoms with Crippen molar-refractivity contribution < 1.29 is 4.74 Å². The zero-order valence-electron chi connectivity index (χ0n) is 9.86. The Morgan fingerprint density at radius 1 is 1.38 bits per heavy atom. The average molecular weight is 218 g/mol. The second kappa shape index (κ2) is 5.53. The predicted octanol–water partition coefficient (Wildman–Crippen LogP) is 2.26. The van der Waals surface area contributed by atoms with Gasteiger partial charge in [0.15, 0.2) is 0 Å². The number of rotatable bonds is 5. The third kappa shape index (κ3) is 3.92. The Kier molecular flexibility index (Phi) is 4.33. The van der Waals surface area contributed by atoms with Crippen molar-refractivity contribution in [2.75, 3.05) is 6.61 Å². The quantitative estimate of drug-likeness (QED) is 0.824. The Balaban J connectivity index is 2.53. The number of benzene rings is 1. The molecule has 86 valence electrons. The molecule has 1 aromatic carbocycles. The van der Waals surface area contributed by atoms with Crippen molar-refractivity contribution in [3.8, 4) is 11.8 Å². The summed E-state index contributed by atoms with van der Waals surface area (Å²) in [4.78, 5) is 0. The van der Waals surface area contributed by atoms with Crippen molar-refractivity contribution in [2.24, 2.45) is 5.73 Å². The van der Waals surface area contributed by atoms with Crippen LogP contribution in [-0.4, -0.2) is 12.1 Å². The molecule has 1 rings (SSSR count). The van der Waals surface area contributed by atoms with Gasteiger partial charge in [-0.15, -0.1) is 0 Å². The van der Waals surface area contributed by atoms with Gasteiger partial charge in [0.25, 0.3) is 0 Å². The first-order valence-corrected chi connectivity index (χ1v) is 5.49. The summed E-state index contributed by atoms with van der Waals surface area (Å²) in [5.41, 5.74) is 6.19. The summed E-state index contributed by atoms with van der Waals surface area (Å²) in [5, 5.41) is 8.79. The Hall–Kier alpha value is -1.53. The molecule has 0 aromatic heterocycles. The zero-order chi connectivity index (χ0) is 12.0. The van der Waals surface area contributed by atoms with Gasteiger partial charge in [0.2, 0.25) is 0 Å². The molecule has 0 spiro atoms. The van der Waals surface area contributed by atoms with E-state index < -0.39 is 5.54 Å². The maximum atomic E-state index is 8.79. The van der Waals surface area contributed by atoms with Crippen LogP contribution in [0.1, 0.15) is 25.8 Å². The molecule has 1 atom stereocenters. The monoisotopic (exact) mass is 218 g/mol. The van der Waals surface area contributed by atoms with E-state index in [0.29, 0.717) is 13.0 Å². The topological polar surface area (TPSA) is 59.0 Å². The van der Waals surface area contributed by atoms with Crippen LogP contribution in [0.2, 0.25) is 0 Å². The highest BCUT2D eigenvalue weighted by Crippen LogP contribution is 2.15. The lowest BCUT2D eigenvalue weighted by Gasteiger charge is -2.14. The lowest BCUT2D eigenvalue weighted by Crippen LogP contribution is -2.34. The van der Waals surface area contributed by atoms with E-state index in [4.69, 9.17) is 15.7 Å². The fourth-order valence-electron chi connectivity index (χ4n) is 1.38. The van der Waals surface area contributed by atoms with Gasteiger partial charge in [-0.3, -0.25) is 0 Å². The van der Waals surface area contributed by atoms with Gasteiger partial charge in [0, 0.05) is 0 Å². The lowest BCUT2D eigenvalue weighted by atomic mass is 9.96.